The minimum atomic E-state index is -7.97. The Morgan fingerprint density at radius 2 is 1.11 bits per heavy atom. The molecule has 0 saturated carbocycles. The normalized spacial score (nSPS) is 14.5. The predicted octanol–water partition coefficient (Wildman–Crippen LogP) is 6.28. The van der Waals surface area contributed by atoms with Gasteiger partial charge in [-0.2, -0.15) is 57.1 Å². The number of rotatable bonds is 17. The van der Waals surface area contributed by atoms with Crippen LogP contribution in [0.1, 0.15) is 33.6 Å². The summed E-state index contributed by atoms with van der Waals surface area (Å²) in [7, 11) is -3.15. The van der Waals surface area contributed by atoms with Crippen LogP contribution in [0.25, 0.3) is 0 Å². The average Bonchev–Trinajstić information content (AvgIpc) is 2.76. The van der Waals surface area contributed by atoms with E-state index < -0.39 is 70.3 Å². The highest BCUT2D eigenvalue weighted by atomic mass is 28.4. The summed E-state index contributed by atoms with van der Waals surface area (Å²) in [5.41, 5.74) is 0. The number of ether oxygens (including phenoxy) is 1. The molecule has 1 N–H and O–H groups in total. The molecule has 0 atom stereocenters. The van der Waals surface area contributed by atoms with E-state index in [2.05, 4.69) is 4.74 Å². The Balaban J connectivity index is 5.14. The second kappa shape index (κ2) is 13.2. The largest absolute Gasteiger partial charge is 0.501 e. The number of hydrogen-bond donors (Lipinski definition) is 1. The molecule has 0 aliphatic heterocycles. The van der Waals surface area contributed by atoms with Crippen molar-refractivity contribution in [3.63, 3.8) is 0 Å². The SMILES string of the molecule is CCO[Si](CCCOC(=O)NCCC(F)(F)C(F)(F)C(F)(F)C(F)(F)C(F)(F)C(F)(F)F)(OCC)OCC. The predicted molar refractivity (Wildman–Crippen MR) is 105 cm³/mol. The fourth-order valence-electron chi connectivity index (χ4n) is 2.79. The Labute approximate surface area is 209 Å². The highest BCUT2D eigenvalue weighted by molar-refractivity contribution is 6.60. The van der Waals surface area contributed by atoms with Crippen molar-refractivity contribution in [2.45, 2.75) is 75.4 Å². The lowest BCUT2D eigenvalue weighted by atomic mass is 9.92. The minimum absolute atomic E-state index is 0.0304. The third-order valence-corrected chi connectivity index (χ3v) is 7.81. The second-order valence-corrected chi connectivity index (χ2v) is 10.1. The number of alkyl carbamates (subject to hydrolysis) is 1. The van der Waals surface area contributed by atoms with Crippen LogP contribution in [0.3, 0.4) is 0 Å². The van der Waals surface area contributed by atoms with E-state index in [-0.39, 0.29) is 32.3 Å². The van der Waals surface area contributed by atoms with Crippen LogP contribution in [0.4, 0.5) is 61.9 Å². The lowest BCUT2D eigenvalue weighted by Crippen LogP contribution is -2.70. The van der Waals surface area contributed by atoms with Gasteiger partial charge in [0.05, 0.1) is 6.61 Å². The first-order chi connectivity index (χ1) is 17.0. The van der Waals surface area contributed by atoms with Gasteiger partial charge in [-0.05, 0) is 27.2 Å². The van der Waals surface area contributed by atoms with E-state index in [1.165, 1.54) is 5.32 Å². The summed E-state index contributed by atoms with van der Waals surface area (Å²) >= 11 is 0. The Kier molecular flexibility index (Phi) is 12.7. The molecule has 0 rings (SSSR count). The van der Waals surface area contributed by atoms with Gasteiger partial charge in [-0.3, -0.25) is 0 Å². The highest BCUT2D eigenvalue weighted by Gasteiger charge is 2.90. The average molecular weight is 611 g/mol. The molecule has 0 saturated heterocycles. The van der Waals surface area contributed by atoms with Crippen LogP contribution in [-0.2, 0) is 18.0 Å². The second-order valence-electron chi connectivity index (χ2n) is 7.40. The van der Waals surface area contributed by atoms with Crippen molar-refractivity contribution in [3.05, 3.63) is 0 Å². The van der Waals surface area contributed by atoms with Crippen molar-refractivity contribution in [1.29, 1.82) is 0 Å². The van der Waals surface area contributed by atoms with Gasteiger partial charge >= 0.3 is 50.7 Å². The molecule has 0 bridgehead atoms. The summed E-state index contributed by atoms with van der Waals surface area (Å²) in [6.07, 6.45) is -11.6. The molecular formula is C18H26F13NO5Si. The van der Waals surface area contributed by atoms with Crippen LogP contribution in [0.5, 0.6) is 0 Å². The molecule has 0 fully saturated rings. The number of hydrogen-bond acceptors (Lipinski definition) is 5. The van der Waals surface area contributed by atoms with Crippen molar-refractivity contribution in [3.8, 4) is 0 Å². The lowest BCUT2D eigenvalue weighted by molar-refractivity contribution is -0.440. The number of halogens is 13. The van der Waals surface area contributed by atoms with Gasteiger partial charge in [0.2, 0.25) is 0 Å². The van der Waals surface area contributed by atoms with Gasteiger partial charge in [0, 0.05) is 38.8 Å². The van der Waals surface area contributed by atoms with E-state index in [0.717, 1.165) is 0 Å². The van der Waals surface area contributed by atoms with Gasteiger partial charge < -0.3 is 23.3 Å². The van der Waals surface area contributed by atoms with Crippen molar-refractivity contribution in [2.75, 3.05) is 33.0 Å². The summed E-state index contributed by atoms with van der Waals surface area (Å²) in [6, 6.07) is 0.117. The molecule has 1 amide bonds. The van der Waals surface area contributed by atoms with E-state index in [1.807, 2.05) is 0 Å². The number of alkyl halides is 13. The summed E-state index contributed by atoms with van der Waals surface area (Å²) < 4.78 is 191. The fourth-order valence-corrected chi connectivity index (χ4v) is 5.37. The fraction of sp³-hybridized carbons (Fsp3) is 0.944. The van der Waals surface area contributed by atoms with Crippen LogP contribution < -0.4 is 5.32 Å². The summed E-state index contributed by atoms with van der Waals surface area (Å²) in [6.45, 7) is 3.53. The van der Waals surface area contributed by atoms with Crippen molar-refractivity contribution < 1.29 is 79.9 Å². The number of nitrogens with one attached hydrogen (secondary N) is 1. The Hall–Kier alpha value is -1.54. The highest BCUT2D eigenvalue weighted by Crippen LogP contribution is 2.60. The first-order valence-electron chi connectivity index (χ1n) is 10.8. The molecule has 0 unspecified atom stereocenters. The molecule has 0 aliphatic carbocycles. The molecule has 0 heterocycles. The van der Waals surface area contributed by atoms with Gasteiger partial charge in [-0.15, -0.1) is 0 Å². The molecule has 0 aromatic carbocycles. The maximum Gasteiger partial charge on any atom is 0.501 e. The third-order valence-electron chi connectivity index (χ3n) is 4.66. The van der Waals surface area contributed by atoms with Crippen LogP contribution in [0, 0.1) is 0 Å². The summed E-state index contributed by atoms with van der Waals surface area (Å²) in [5.74, 6) is -37.3. The molecule has 0 spiro atoms. The lowest BCUT2D eigenvalue weighted by Gasteiger charge is -2.39. The van der Waals surface area contributed by atoms with E-state index in [0.29, 0.717) is 0 Å². The number of carbonyl (C=O) groups is 1. The van der Waals surface area contributed by atoms with Gasteiger partial charge in [-0.1, -0.05) is 0 Å². The van der Waals surface area contributed by atoms with Crippen LogP contribution in [0.15, 0.2) is 0 Å². The van der Waals surface area contributed by atoms with Gasteiger partial charge in [0.25, 0.3) is 0 Å². The van der Waals surface area contributed by atoms with E-state index in [4.69, 9.17) is 13.3 Å². The molecule has 38 heavy (non-hydrogen) atoms. The van der Waals surface area contributed by atoms with Gasteiger partial charge in [0.15, 0.2) is 0 Å². The van der Waals surface area contributed by atoms with Gasteiger partial charge in [0.1, 0.15) is 0 Å². The van der Waals surface area contributed by atoms with Crippen molar-refractivity contribution >= 4 is 14.9 Å². The van der Waals surface area contributed by atoms with Crippen molar-refractivity contribution in [2.24, 2.45) is 0 Å². The molecule has 228 valence electrons. The first-order valence-corrected chi connectivity index (χ1v) is 12.7. The van der Waals surface area contributed by atoms with Crippen molar-refractivity contribution in [1.82, 2.24) is 5.32 Å². The number of amides is 1. The van der Waals surface area contributed by atoms with E-state index in [9.17, 15) is 61.9 Å². The standard InChI is InChI=1S/C18H26F13NO5Si/c1-4-35-38(36-5-2,37-6-3)11-7-10-34-12(33)32-9-8-13(19,20)14(21,22)15(23,24)16(25,26)17(27,28)18(29,30)31/h4-11H2,1-3H3,(H,32,33). The zero-order valence-corrected chi connectivity index (χ0v) is 21.1. The van der Waals surface area contributed by atoms with Crippen LogP contribution in [-0.4, -0.2) is 83.7 Å². The molecule has 20 heteroatoms. The van der Waals surface area contributed by atoms with E-state index >= 15 is 0 Å². The summed E-state index contributed by atoms with van der Waals surface area (Å²) in [4.78, 5) is 11.5. The molecule has 0 radical (unpaired) electrons. The Bertz CT molecular complexity index is 736. The molecule has 0 aliphatic rings. The van der Waals surface area contributed by atoms with Crippen LogP contribution in [0.2, 0.25) is 6.04 Å². The zero-order valence-electron chi connectivity index (χ0n) is 20.1. The Morgan fingerprint density at radius 1 is 0.684 bits per heavy atom. The maximum atomic E-state index is 13.7. The van der Waals surface area contributed by atoms with Gasteiger partial charge in [-0.25, -0.2) is 4.79 Å². The quantitative estimate of drug-likeness (QED) is 0.119. The molecule has 0 aromatic rings. The molecular weight excluding hydrogens is 585 g/mol. The topological polar surface area (TPSA) is 66.0 Å². The third kappa shape index (κ3) is 7.77. The first kappa shape index (κ1) is 36.5. The minimum Gasteiger partial charge on any atom is -0.450 e. The zero-order chi connectivity index (χ0) is 30.3. The summed E-state index contributed by atoms with van der Waals surface area (Å²) in [5, 5.41) is 1.41. The Morgan fingerprint density at radius 3 is 1.50 bits per heavy atom. The monoisotopic (exact) mass is 611 g/mol. The molecule has 6 nitrogen and oxygen atoms in total. The smallest absolute Gasteiger partial charge is 0.450 e. The van der Waals surface area contributed by atoms with E-state index in [1.54, 1.807) is 20.8 Å². The maximum absolute atomic E-state index is 13.7. The molecule has 0 aromatic heterocycles. The van der Waals surface area contributed by atoms with Crippen LogP contribution >= 0.6 is 0 Å². The number of carbonyl (C=O) groups excluding carboxylic acids is 1.